The number of rotatable bonds is 6. The van der Waals surface area contributed by atoms with E-state index in [0.29, 0.717) is 11.6 Å². The van der Waals surface area contributed by atoms with E-state index in [0.717, 1.165) is 11.3 Å². The van der Waals surface area contributed by atoms with Crippen LogP contribution < -0.4 is 9.80 Å². The number of ether oxygens (including phenoxy) is 1. The minimum Gasteiger partial charge on any atom is -0.472 e. The van der Waals surface area contributed by atoms with Crippen LogP contribution in [-0.4, -0.2) is 22.8 Å². The Bertz CT molecular complexity index is 887. The van der Waals surface area contributed by atoms with Crippen molar-refractivity contribution in [1.82, 2.24) is 9.78 Å². The van der Waals surface area contributed by atoms with Gasteiger partial charge in [-0.1, -0.05) is 35.9 Å². The molecule has 1 heterocycles. The molecule has 0 fully saturated rings. The summed E-state index contributed by atoms with van der Waals surface area (Å²) >= 11 is 0. The molecular weight excluding hydrogens is 330 g/mol. The zero-order chi connectivity index (χ0) is 18.5. The zero-order valence-electron chi connectivity index (χ0n) is 15.0. The van der Waals surface area contributed by atoms with Crippen LogP contribution in [0.2, 0.25) is 0 Å². The summed E-state index contributed by atoms with van der Waals surface area (Å²) in [5, 5.41) is 5.68. The standard InChI is InChI=1S/C20H21N3O3/c1-15-8-10-18(11-9-15)22-13-12-20(21-22)26-14-17-6-4-5-7-19(17)23(25-3)16(2)24/h4-13H,14H2,1-3H3. The fourth-order valence-corrected chi connectivity index (χ4v) is 2.60. The summed E-state index contributed by atoms with van der Waals surface area (Å²) in [4.78, 5) is 16.9. The topological polar surface area (TPSA) is 56.6 Å². The van der Waals surface area contributed by atoms with Crippen LogP contribution in [0.3, 0.4) is 0 Å². The molecule has 0 atom stereocenters. The SMILES string of the molecule is CON(C(C)=O)c1ccccc1COc1ccn(-c2ccc(C)cc2)n1. The van der Waals surface area contributed by atoms with Crippen LogP contribution in [0.1, 0.15) is 18.1 Å². The molecule has 0 saturated carbocycles. The smallest absolute Gasteiger partial charge is 0.247 e. The number of aryl methyl sites for hydroxylation is 1. The van der Waals surface area contributed by atoms with Gasteiger partial charge in [-0.3, -0.25) is 9.63 Å². The Balaban J connectivity index is 1.74. The van der Waals surface area contributed by atoms with E-state index in [-0.39, 0.29) is 12.5 Å². The van der Waals surface area contributed by atoms with E-state index in [2.05, 4.69) is 5.10 Å². The zero-order valence-corrected chi connectivity index (χ0v) is 15.0. The number of anilines is 1. The van der Waals surface area contributed by atoms with E-state index in [1.807, 2.05) is 67.7 Å². The minimum atomic E-state index is -0.205. The molecule has 3 aromatic rings. The molecule has 1 amide bonds. The van der Waals surface area contributed by atoms with Crippen LogP contribution in [0.15, 0.2) is 60.8 Å². The highest BCUT2D eigenvalue weighted by Crippen LogP contribution is 2.22. The van der Waals surface area contributed by atoms with E-state index < -0.39 is 0 Å². The number of aromatic nitrogens is 2. The molecule has 0 aliphatic heterocycles. The maximum absolute atomic E-state index is 11.7. The van der Waals surface area contributed by atoms with Gasteiger partial charge in [-0.25, -0.2) is 4.68 Å². The van der Waals surface area contributed by atoms with Crippen molar-refractivity contribution in [2.24, 2.45) is 0 Å². The molecule has 1 aromatic heterocycles. The molecule has 26 heavy (non-hydrogen) atoms. The fraction of sp³-hybridized carbons (Fsp3) is 0.200. The Hall–Kier alpha value is -3.12. The molecule has 134 valence electrons. The summed E-state index contributed by atoms with van der Waals surface area (Å²) in [7, 11) is 1.46. The van der Waals surface area contributed by atoms with Crippen LogP contribution in [0, 0.1) is 6.92 Å². The first-order chi connectivity index (χ1) is 12.6. The lowest BCUT2D eigenvalue weighted by atomic mass is 10.2. The molecule has 0 unspecified atom stereocenters. The molecular formula is C20H21N3O3. The number of benzene rings is 2. The largest absolute Gasteiger partial charge is 0.472 e. The number of hydrogen-bond acceptors (Lipinski definition) is 4. The molecule has 0 bridgehead atoms. The number of carbonyl (C=O) groups is 1. The summed E-state index contributed by atoms with van der Waals surface area (Å²) in [5.74, 6) is 0.302. The molecule has 0 aliphatic rings. The van der Waals surface area contributed by atoms with Gasteiger partial charge in [0.05, 0.1) is 18.5 Å². The first-order valence-electron chi connectivity index (χ1n) is 8.26. The maximum atomic E-state index is 11.7. The van der Waals surface area contributed by atoms with E-state index in [1.165, 1.54) is 24.7 Å². The van der Waals surface area contributed by atoms with Gasteiger partial charge in [0, 0.05) is 24.8 Å². The lowest BCUT2D eigenvalue weighted by Crippen LogP contribution is -2.28. The van der Waals surface area contributed by atoms with Crippen molar-refractivity contribution in [3.8, 4) is 11.6 Å². The van der Waals surface area contributed by atoms with Crippen molar-refractivity contribution in [2.75, 3.05) is 12.2 Å². The summed E-state index contributed by atoms with van der Waals surface area (Å²) in [5.41, 5.74) is 3.64. The van der Waals surface area contributed by atoms with E-state index in [9.17, 15) is 4.79 Å². The molecule has 3 rings (SSSR count). The van der Waals surface area contributed by atoms with Crippen LogP contribution in [0.5, 0.6) is 5.88 Å². The highest BCUT2D eigenvalue weighted by molar-refractivity contribution is 5.90. The van der Waals surface area contributed by atoms with Crippen LogP contribution >= 0.6 is 0 Å². The van der Waals surface area contributed by atoms with Crippen molar-refractivity contribution < 1.29 is 14.4 Å². The van der Waals surface area contributed by atoms with Gasteiger partial charge in [-0.05, 0) is 25.1 Å². The van der Waals surface area contributed by atoms with E-state index in [1.54, 1.807) is 4.68 Å². The predicted octanol–water partition coefficient (Wildman–Crippen LogP) is 3.67. The highest BCUT2D eigenvalue weighted by Gasteiger charge is 2.15. The Morgan fingerprint density at radius 3 is 2.54 bits per heavy atom. The predicted molar refractivity (Wildman–Crippen MR) is 99.2 cm³/mol. The molecule has 0 N–H and O–H groups in total. The normalized spacial score (nSPS) is 10.6. The molecule has 0 radical (unpaired) electrons. The number of hydrogen-bond donors (Lipinski definition) is 0. The van der Waals surface area contributed by atoms with Gasteiger partial charge >= 0.3 is 0 Å². The summed E-state index contributed by atoms with van der Waals surface area (Å²) in [6.45, 7) is 3.77. The van der Waals surface area contributed by atoms with Crippen LogP contribution in [0.4, 0.5) is 5.69 Å². The second kappa shape index (κ2) is 7.84. The van der Waals surface area contributed by atoms with Gasteiger partial charge in [0.15, 0.2) is 0 Å². The Kier molecular flexibility index (Phi) is 5.34. The molecule has 0 saturated heterocycles. The van der Waals surface area contributed by atoms with Crippen LogP contribution in [0.25, 0.3) is 5.69 Å². The Morgan fingerprint density at radius 2 is 1.85 bits per heavy atom. The molecule has 6 heteroatoms. The van der Waals surface area contributed by atoms with Gasteiger partial charge in [0.25, 0.3) is 0 Å². The van der Waals surface area contributed by atoms with Crippen molar-refractivity contribution >= 4 is 11.6 Å². The third-order valence-corrected chi connectivity index (χ3v) is 3.92. The first kappa shape index (κ1) is 17.7. The monoisotopic (exact) mass is 351 g/mol. The Morgan fingerprint density at radius 1 is 1.12 bits per heavy atom. The lowest BCUT2D eigenvalue weighted by molar-refractivity contribution is -0.122. The van der Waals surface area contributed by atoms with E-state index >= 15 is 0 Å². The second-order valence-corrected chi connectivity index (χ2v) is 5.85. The molecule has 2 aromatic carbocycles. The molecule has 0 spiro atoms. The first-order valence-corrected chi connectivity index (χ1v) is 8.26. The number of nitrogens with zero attached hydrogens (tertiary/aromatic N) is 3. The van der Waals surface area contributed by atoms with Gasteiger partial charge in [0.2, 0.25) is 11.8 Å². The third kappa shape index (κ3) is 3.92. The van der Waals surface area contributed by atoms with Gasteiger partial charge in [-0.2, -0.15) is 5.06 Å². The lowest BCUT2D eigenvalue weighted by Gasteiger charge is -2.20. The van der Waals surface area contributed by atoms with Gasteiger partial charge < -0.3 is 4.74 Å². The average Bonchev–Trinajstić information content (AvgIpc) is 3.11. The summed E-state index contributed by atoms with van der Waals surface area (Å²) < 4.78 is 7.57. The number of hydroxylamine groups is 1. The molecule has 6 nitrogen and oxygen atoms in total. The fourth-order valence-electron chi connectivity index (χ4n) is 2.60. The minimum absolute atomic E-state index is 0.205. The highest BCUT2D eigenvalue weighted by atomic mass is 16.7. The van der Waals surface area contributed by atoms with Crippen molar-refractivity contribution in [3.63, 3.8) is 0 Å². The summed E-state index contributed by atoms with van der Waals surface area (Å²) in [6, 6.07) is 17.3. The third-order valence-electron chi connectivity index (χ3n) is 3.92. The van der Waals surface area contributed by atoms with Gasteiger partial charge in [-0.15, -0.1) is 5.10 Å². The van der Waals surface area contributed by atoms with Crippen molar-refractivity contribution in [2.45, 2.75) is 20.5 Å². The number of carbonyl (C=O) groups excluding carboxylic acids is 1. The second-order valence-electron chi connectivity index (χ2n) is 5.85. The maximum Gasteiger partial charge on any atom is 0.247 e. The number of amides is 1. The summed E-state index contributed by atoms with van der Waals surface area (Å²) in [6.07, 6.45) is 1.85. The van der Waals surface area contributed by atoms with E-state index in [4.69, 9.17) is 9.57 Å². The quantitative estimate of drug-likeness (QED) is 0.636. The average molecular weight is 351 g/mol. The number of para-hydroxylation sites is 1. The van der Waals surface area contributed by atoms with Crippen molar-refractivity contribution in [3.05, 3.63) is 71.9 Å². The van der Waals surface area contributed by atoms with Gasteiger partial charge in [0.1, 0.15) is 6.61 Å². The van der Waals surface area contributed by atoms with Crippen LogP contribution in [-0.2, 0) is 16.2 Å². The van der Waals surface area contributed by atoms with Crippen molar-refractivity contribution in [1.29, 1.82) is 0 Å². The molecule has 0 aliphatic carbocycles. The Labute approximate surface area is 152 Å².